The first kappa shape index (κ1) is 85.8. The third-order valence-corrected chi connectivity index (χ3v) is 19.0. The van der Waals surface area contributed by atoms with Gasteiger partial charge in [-0.05, 0) is 38.5 Å². The Morgan fingerprint density at radius 3 is 0.851 bits per heavy atom. The highest BCUT2D eigenvalue weighted by Gasteiger charge is 2.27. The normalized spacial score (nSPS) is 13.0. The average molecular weight is 1250 g/mol. The zero-order valence-electron chi connectivity index (χ0n) is 59.3. The molecule has 0 rings (SSSR count). The summed E-state index contributed by atoms with van der Waals surface area (Å²) in [6, 6.07) is 0. The number of hydrogen-bond donors (Lipinski definition) is 1. The van der Waals surface area contributed by atoms with Crippen molar-refractivity contribution in [1.82, 2.24) is 0 Å². The molecule has 10 heteroatoms. The van der Waals surface area contributed by atoms with E-state index in [1.54, 1.807) is 0 Å². The highest BCUT2D eigenvalue weighted by atomic mass is 31.2. The number of nitrogens with zero attached hydrogens (tertiary/aromatic N) is 1. The van der Waals surface area contributed by atoms with E-state index in [-0.39, 0.29) is 25.6 Å². The number of carbonyl (C=O) groups is 2. The van der Waals surface area contributed by atoms with Crippen LogP contribution in [-0.4, -0.2) is 74.9 Å². The van der Waals surface area contributed by atoms with Crippen molar-refractivity contribution in [2.24, 2.45) is 0 Å². The van der Waals surface area contributed by atoms with Gasteiger partial charge in [0.25, 0.3) is 0 Å². The molecule has 0 aliphatic heterocycles. The van der Waals surface area contributed by atoms with Gasteiger partial charge in [0.1, 0.15) is 19.8 Å². The number of phosphoric acid groups is 1. The van der Waals surface area contributed by atoms with Gasteiger partial charge in [0.2, 0.25) is 0 Å². The van der Waals surface area contributed by atoms with Crippen LogP contribution in [0.5, 0.6) is 0 Å². The monoisotopic (exact) mass is 1250 g/mol. The molecule has 0 radical (unpaired) electrons. The number of quaternary nitrogens is 1. The second kappa shape index (κ2) is 69.1. The third kappa shape index (κ3) is 73.7. The molecule has 518 valence electrons. The summed E-state index contributed by atoms with van der Waals surface area (Å²) in [6.07, 6.45) is 86.5. The number of carbonyl (C=O) groups excluding carboxylic acids is 2. The third-order valence-electron chi connectivity index (χ3n) is 18.0. The van der Waals surface area contributed by atoms with Crippen LogP contribution in [0.15, 0.2) is 12.2 Å². The first-order valence-electron chi connectivity index (χ1n) is 38.9. The van der Waals surface area contributed by atoms with Crippen LogP contribution in [0.25, 0.3) is 0 Å². The number of unbranched alkanes of at least 4 members (excludes halogenated alkanes) is 58. The zero-order chi connectivity index (χ0) is 63.4. The molecule has 0 bridgehead atoms. The minimum absolute atomic E-state index is 0.0371. The Labute approximate surface area is 543 Å². The lowest BCUT2D eigenvalue weighted by atomic mass is 10.0. The summed E-state index contributed by atoms with van der Waals surface area (Å²) in [5.41, 5.74) is 0. The SMILES string of the molecule is CCCCCCCCCC/C=C\CCCCCCCCCCCCCCCCCCCCCCCCCCCC(=O)OC(COC(=O)CCCCCCCCCCCCCCCCCCCCCCCCCCCC)COP(=O)(O)OCC[N+](C)(C)C. The molecular formula is C77H153NO8P+. The van der Waals surface area contributed by atoms with Gasteiger partial charge in [-0.3, -0.25) is 18.6 Å². The van der Waals surface area contributed by atoms with E-state index in [9.17, 15) is 19.0 Å². The number of phosphoric ester groups is 1. The van der Waals surface area contributed by atoms with Crippen LogP contribution >= 0.6 is 7.82 Å². The summed E-state index contributed by atoms with van der Waals surface area (Å²) in [5, 5.41) is 0. The second-order valence-corrected chi connectivity index (χ2v) is 29.6. The Hall–Kier alpha value is -1.25. The van der Waals surface area contributed by atoms with Crippen LogP contribution in [0.4, 0.5) is 0 Å². The molecule has 0 saturated carbocycles. The minimum atomic E-state index is -4.39. The molecule has 0 aliphatic carbocycles. The first-order chi connectivity index (χ1) is 42.5. The van der Waals surface area contributed by atoms with Gasteiger partial charge in [-0.2, -0.15) is 0 Å². The van der Waals surface area contributed by atoms with Crippen molar-refractivity contribution in [2.75, 3.05) is 47.5 Å². The number of rotatable bonds is 74. The number of ether oxygens (including phenoxy) is 2. The summed E-state index contributed by atoms with van der Waals surface area (Å²) in [6.45, 7) is 4.53. The molecule has 0 aromatic heterocycles. The van der Waals surface area contributed by atoms with E-state index in [1.165, 1.54) is 353 Å². The molecule has 0 aliphatic rings. The van der Waals surface area contributed by atoms with Crippen LogP contribution in [0.3, 0.4) is 0 Å². The summed E-state index contributed by atoms with van der Waals surface area (Å²) in [4.78, 5) is 35.9. The molecule has 0 heterocycles. The molecule has 0 saturated heterocycles. The van der Waals surface area contributed by atoms with E-state index in [1.807, 2.05) is 21.1 Å². The molecule has 0 aromatic rings. The molecule has 87 heavy (non-hydrogen) atoms. The van der Waals surface area contributed by atoms with Crippen molar-refractivity contribution in [3.05, 3.63) is 12.2 Å². The van der Waals surface area contributed by atoms with E-state index in [0.717, 1.165) is 38.5 Å². The van der Waals surface area contributed by atoms with Crippen molar-refractivity contribution in [3.8, 4) is 0 Å². The maximum absolute atomic E-state index is 12.9. The van der Waals surface area contributed by atoms with Gasteiger partial charge >= 0.3 is 19.8 Å². The van der Waals surface area contributed by atoms with Gasteiger partial charge in [0, 0.05) is 12.8 Å². The fourth-order valence-corrected chi connectivity index (χ4v) is 12.8. The van der Waals surface area contributed by atoms with Crippen molar-refractivity contribution >= 4 is 19.8 Å². The Bertz CT molecular complexity index is 1470. The molecule has 1 N–H and O–H groups in total. The maximum Gasteiger partial charge on any atom is 0.472 e. The molecule has 9 nitrogen and oxygen atoms in total. The molecule has 0 aromatic carbocycles. The molecule has 2 atom stereocenters. The highest BCUT2D eigenvalue weighted by Crippen LogP contribution is 2.43. The van der Waals surface area contributed by atoms with Gasteiger partial charge in [-0.25, -0.2) is 4.57 Å². The number of likely N-dealkylation sites (N-methyl/N-ethyl adjacent to an activating group) is 1. The van der Waals surface area contributed by atoms with Crippen molar-refractivity contribution in [1.29, 1.82) is 0 Å². The molecule has 0 fully saturated rings. The quantitative estimate of drug-likeness (QED) is 0.0211. The topological polar surface area (TPSA) is 108 Å². The number of allylic oxidation sites excluding steroid dienone is 2. The Morgan fingerprint density at radius 2 is 0.586 bits per heavy atom. The highest BCUT2D eigenvalue weighted by molar-refractivity contribution is 7.47. The fraction of sp³-hybridized carbons (Fsp3) is 0.948. The predicted octanol–water partition coefficient (Wildman–Crippen LogP) is 25.5. The van der Waals surface area contributed by atoms with Gasteiger partial charge < -0.3 is 18.9 Å². The van der Waals surface area contributed by atoms with Crippen molar-refractivity contribution in [2.45, 2.75) is 424 Å². The van der Waals surface area contributed by atoms with E-state index < -0.39 is 26.5 Å². The Balaban J connectivity index is 3.89. The molecule has 0 spiro atoms. The molecule has 2 unspecified atom stereocenters. The second-order valence-electron chi connectivity index (χ2n) is 28.1. The smallest absolute Gasteiger partial charge is 0.462 e. The first-order valence-corrected chi connectivity index (χ1v) is 40.4. The van der Waals surface area contributed by atoms with Crippen LogP contribution in [-0.2, 0) is 32.7 Å². The fourth-order valence-electron chi connectivity index (χ4n) is 12.1. The van der Waals surface area contributed by atoms with E-state index in [2.05, 4.69) is 26.0 Å². The van der Waals surface area contributed by atoms with E-state index in [4.69, 9.17) is 18.5 Å². The van der Waals surface area contributed by atoms with E-state index in [0.29, 0.717) is 17.4 Å². The van der Waals surface area contributed by atoms with Crippen molar-refractivity contribution < 1.29 is 42.1 Å². The zero-order valence-corrected chi connectivity index (χ0v) is 60.2. The van der Waals surface area contributed by atoms with Crippen LogP contribution < -0.4 is 0 Å². The number of esters is 2. The summed E-state index contributed by atoms with van der Waals surface area (Å²) >= 11 is 0. The lowest BCUT2D eigenvalue weighted by Gasteiger charge is -2.24. The lowest BCUT2D eigenvalue weighted by molar-refractivity contribution is -0.870. The van der Waals surface area contributed by atoms with Gasteiger partial charge in [-0.1, -0.05) is 379 Å². The molecular weight excluding hydrogens is 1100 g/mol. The largest absolute Gasteiger partial charge is 0.472 e. The van der Waals surface area contributed by atoms with Crippen LogP contribution in [0.1, 0.15) is 418 Å². The van der Waals surface area contributed by atoms with Gasteiger partial charge in [-0.15, -0.1) is 0 Å². The standard InChI is InChI=1S/C77H152NO8P/c1-6-8-10-12-14-16-18-20-22-24-26-28-30-32-34-35-36-37-38-39-40-41-42-43-44-46-48-50-52-54-56-58-60-62-64-66-68-70-77(80)86-75(74-85-87(81,82)84-72-71-78(3,4)5)73-83-76(79)69-67-65-63-61-59-57-55-53-51-49-47-45-33-31-29-27-25-23-21-19-17-15-13-11-9-7-2/h24,26,75H,6-23,25,27-74H2,1-5H3/p+1/b26-24-. The Kier molecular flexibility index (Phi) is 68.1. The van der Waals surface area contributed by atoms with Crippen molar-refractivity contribution in [3.63, 3.8) is 0 Å². The van der Waals surface area contributed by atoms with Crippen LogP contribution in [0.2, 0.25) is 0 Å². The van der Waals surface area contributed by atoms with E-state index >= 15 is 0 Å². The van der Waals surface area contributed by atoms with Gasteiger partial charge in [0.15, 0.2) is 6.10 Å². The predicted molar refractivity (Wildman–Crippen MR) is 377 cm³/mol. The maximum atomic E-state index is 12.9. The summed E-state index contributed by atoms with van der Waals surface area (Å²) < 4.78 is 34.8. The minimum Gasteiger partial charge on any atom is -0.462 e. The summed E-state index contributed by atoms with van der Waals surface area (Å²) in [7, 11) is 1.51. The van der Waals surface area contributed by atoms with Crippen LogP contribution in [0, 0.1) is 0 Å². The number of hydrogen-bond acceptors (Lipinski definition) is 7. The molecule has 0 amide bonds. The Morgan fingerprint density at radius 1 is 0.345 bits per heavy atom. The van der Waals surface area contributed by atoms with Gasteiger partial charge in [0.05, 0.1) is 27.7 Å². The average Bonchev–Trinajstić information content (AvgIpc) is 3.56. The lowest BCUT2D eigenvalue weighted by Crippen LogP contribution is -2.37. The summed E-state index contributed by atoms with van der Waals surface area (Å²) in [5.74, 6) is -0.767.